The molecular formula is C21H22FN7O. The predicted molar refractivity (Wildman–Crippen MR) is 115 cm³/mol. The van der Waals surface area contributed by atoms with E-state index in [1.807, 2.05) is 18.2 Å². The summed E-state index contributed by atoms with van der Waals surface area (Å²) in [6.45, 7) is 0. The molecule has 2 aromatic carbocycles. The lowest BCUT2D eigenvalue weighted by atomic mass is 10.1. The summed E-state index contributed by atoms with van der Waals surface area (Å²) in [5.74, 6) is -1.46. The fourth-order valence-corrected chi connectivity index (χ4v) is 3.37. The number of nitrogens with zero attached hydrogens (tertiary/aromatic N) is 2. The number of rotatable bonds is 5. The maximum Gasteiger partial charge on any atom is 0.228 e. The Morgan fingerprint density at radius 3 is 2.57 bits per heavy atom. The van der Waals surface area contributed by atoms with E-state index in [0.717, 1.165) is 22.6 Å². The van der Waals surface area contributed by atoms with Crippen LogP contribution in [0.25, 0.3) is 0 Å². The largest absolute Gasteiger partial charge is 0.344 e. The Morgan fingerprint density at radius 1 is 1.13 bits per heavy atom. The van der Waals surface area contributed by atoms with Gasteiger partial charge in [-0.1, -0.05) is 6.07 Å². The van der Waals surface area contributed by atoms with Gasteiger partial charge in [0.05, 0.1) is 12.1 Å². The first-order chi connectivity index (χ1) is 14.2. The van der Waals surface area contributed by atoms with Gasteiger partial charge in [0.2, 0.25) is 5.91 Å². The van der Waals surface area contributed by atoms with Crippen LogP contribution in [0, 0.1) is 5.82 Å². The lowest BCUT2D eigenvalue weighted by Crippen LogP contribution is -2.55. The fraction of sp³-hybridized carbons (Fsp3) is 0.143. The number of aromatic nitrogens is 1. The second-order valence-corrected chi connectivity index (χ2v) is 7.28. The molecule has 1 aliphatic rings. The van der Waals surface area contributed by atoms with Gasteiger partial charge in [0.25, 0.3) is 0 Å². The number of nitrogens with two attached hydrogens (primary N) is 3. The highest BCUT2D eigenvalue weighted by Gasteiger charge is 2.24. The van der Waals surface area contributed by atoms with Gasteiger partial charge < -0.3 is 15.5 Å². The minimum atomic E-state index is -1.62. The highest BCUT2D eigenvalue weighted by Crippen LogP contribution is 2.33. The van der Waals surface area contributed by atoms with Crippen molar-refractivity contribution in [1.29, 1.82) is 0 Å². The number of nitrogens with one attached hydrogen (secondary N) is 2. The van der Waals surface area contributed by atoms with Crippen molar-refractivity contribution in [3.63, 3.8) is 0 Å². The maximum atomic E-state index is 13.3. The zero-order valence-electron chi connectivity index (χ0n) is 16.3. The molecule has 8 N–H and O–H groups in total. The van der Waals surface area contributed by atoms with Gasteiger partial charge in [-0.2, -0.15) is 0 Å². The van der Waals surface area contributed by atoms with Crippen molar-refractivity contribution in [3.8, 4) is 0 Å². The average Bonchev–Trinajstić information content (AvgIpc) is 3.06. The van der Waals surface area contributed by atoms with Gasteiger partial charge in [0.15, 0.2) is 0 Å². The van der Waals surface area contributed by atoms with Crippen LogP contribution in [0.2, 0.25) is 0 Å². The normalized spacial score (nSPS) is 13.0. The Labute approximate surface area is 172 Å². The number of carbonyl (C=O) groups excluding carboxylic acids is 1. The lowest BCUT2D eigenvalue weighted by Gasteiger charge is -2.28. The monoisotopic (exact) mass is 407 g/mol. The molecule has 0 unspecified atom stereocenters. The van der Waals surface area contributed by atoms with Crippen LogP contribution in [0.5, 0.6) is 0 Å². The van der Waals surface area contributed by atoms with Crippen molar-refractivity contribution in [3.05, 3.63) is 71.7 Å². The second kappa shape index (κ2) is 7.38. The molecule has 30 heavy (non-hydrogen) atoms. The minimum absolute atomic E-state index is 0.0296. The molecule has 0 saturated heterocycles. The first kappa shape index (κ1) is 19.8. The van der Waals surface area contributed by atoms with Crippen LogP contribution in [-0.4, -0.2) is 17.9 Å². The van der Waals surface area contributed by atoms with Gasteiger partial charge >= 0.3 is 0 Å². The quantitative estimate of drug-likeness (QED) is 0.409. The molecular weight excluding hydrogens is 385 g/mol. The average molecular weight is 407 g/mol. The van der Waals surface area contributed by atoms with Crippen molar-refractivity contribution in [2.45, 2.75) is 12.2 Å². The predicted octanol–water partition coefficient (Wildman–Crippen LogP) is 2.21. The van der Waals surface area contributed by atoms with E-state index in [-0.39, 0.29) is 11.7 Å². The van der Waals surface area contributed by atoms with Crippen LogP contribution in [0.15, 0.2) is 54.7 Å². The van der Waals surface area contributed by atoms with Crippen LogP contribution in [0.3, 0.4) is 0 Å². The molecule has 0 bridgehead atoms. The van der Waals surface area contributed by atoms with Crippen LogP contribution in [0.1, 0.15) is 11.1 Å². The third-order valence-corrected chi connectivity index (χ3v) is 4.93. The lowest BCUT2D eigenvalue weighted by molar-refractivity contribution is -0.115. The van der Waals surface area contributed by atoms with Crippen LogP contribution in [0.4, 0.5) is 33.0 Å². The van der Waals surface area contributed by atoms with Crippen molar-refractivity contribution < 1.29 is 9.18 Å². The first-order valence-corrected chi connectivity index (χ1v) is 9.27. The van der Waals surface area contributed by atoms with Gasteiger partial charge in [-0.05, 0) is 42.0 Å². The molecule has 3 aromatic rings. The highest BCUT2D eigenvalue weighted by atomic mass is 19.1. The summed E-state index contributed by atoms with van der Waals surface area (Å²) in [5, 5.41) is 6.03. The third kappa shape index (κ3) is 3.94. The van der Waals surface area contributed by atoms with E-state index in [2.05, 4.69) is 15.6 Å². The molecule has 0 spiro atoms. The van der Waals surface area contributed by atoms with E-state index in [1.54, 1.807) is 30.1 Å². The smallest absolute Gasteiger partial charge is 0.228 e. The summed E-state index contributed by atoms with van der Waals surface area (Å²) in [6, 6.07) is 13.4. The summed E-state index contributed by atoms with van der Waals surface area (Å²) in [5.41, 5.74) is 22.1. The van der Waals surface area contributed by atoms with Gasteiger partial charge in [0, 0.05) is 41.9 Å². The van der Waals surface area contributed by atoms with Crippen molar-refractivity contribution in [2.24, 2.45) is 17.2 Å². The molecule has 4 rings (SSSR count). The van der Waals surface area contributed by atoms with E-state index >= 15 is 0 Å². The Bertz CT molecular complexity index is 1110. The van der Waals surface area contributed by atoms with E-state index in [1.165, 1.54) is 18.3 Å². The van der Waals surface area contributed by atoms with Crippen LogP contribution >= 0.6 is 0 Å². The topological polar surface area (TPSA) is 135 Å². The summed E-state index contributed by atoms with van der Waals surface area (Å²) in [7, 11) is 1.80. The van der Waals surface area contributed by atoms with Gasteiger partial charge in [0.1, 0.15) is 17.4 Å². The number of benzene rings is 2. The first-order valence-electron chi connectivity index (χ1n) is 9.27. The highest BCUT2D eigenvalue weighted by molar-refractivity contribution is 5.99. The third-order valence-electron chi connectivity index (χ3n) is 4.93. The standard InChI is InChI=1S/C21H22FN7O/c1-29(15-6-3-13(22)4-7-15)18-10-19(26-11-16(18)21(23,24)25)27-14-5-2-12-8-20(30)28-17(12)9-14/h2-7,9-11H,8,23-25H2,1H3,(H,26,27)(H,28,30). The number of anilines is 5. The van der Waals surface area contributed by atoms with Crippen molar-refractivity contribution in [2.75, 3.05) is 22.6 Å². The summed E-state index contributed by atoms with van der Waals surface area (Å²) in [4.78, 5) is 17.7. The summed E-state index contributed by atoms with van der Waals surface area (Å²) in [6.07, 6.45) is 1.88. The van der Waals surface area contributed by atoms with E-state index in [9.17, 15) is 9.18 Å². The Hall–Kier alpha value is -3.53. The number of fused-ring (bicyclic) bond motifs is 1. The van der Waals surface area contributed by atoms with Crippen LogP contribution in [-0.2, 0) is 17.0 Å². The van der Waals surface area contributed by atoms with Crippen molar-refractivity contribution in [1.82, 2.24) is 4.98 Å². The molecule has 0 saturated carbocycles. The summed E-state index contributed by atoms with van der Waals surface area (Å²) < 4.78 is 13.3. The molecule has 154 valence electrons. The molecule has 1 aliphatic heterocycles. The molecule has 0 fully saturated rings. The second-order valence-electron chi connectivity index (χ2n) is 7.28. The maximum absolute atomic E-state index is 13.3. The van der Waals surface area contributed by atoms with E-state index in [0.29, 0.717) is 23.5 Å². The van der Waals surface area contributed by atoms with Gasteiger partial charge in [-0.15, -0.1) is 0 Å². The number of pyridine rings is 1. The number of carbonyl (C=O) groups is 1. The Balaban J connectivity index is 1.69. The molecule has 1 amide bonds. The molecule has 1 aromatic heterocycles. The number of hydrogen-bond donors (Lipinski definition) is 5. The van der Waals surface area contributed by atoms with Gasteiger partial charge in [-0.25, -0.2) is 9.37 Å². The Morgan fingerprint density at radius 2 is 1.87 bits per heavy atom. The van der Waals surface area contributed by atoms with E-state index < -0.39 is 5.79 Å². The number of hydrogen-bond acceptors (Lipinski definition) is 7. The minimum Gasteiger partial charge on any atom is -0.344 e. The fourth-order valence-electron chi connectivity index (χ4n) is 3.37. The van der Waals surface area contributed by atoms with Gasteiger partial charge in [-0.3, -0.25) is 22.0 Å². The SMILES string of the molecule is CN(c1ccc(F)cc1)c1cc(Nc2ccc3c(c2)NC(=O)C3)ncc1C(N)(N)N. The molecule has 0 radical (unpaired) electrons. The van der Waals surface area contributed by atoms with E-state index in [4.69, 9.17) is 17.2 Å². The molecule has 0 atom stereocenters. The Kier molecular flexibility index (Phi) is 4.86. The molecule has 2 heterocycles. The zero-order chi connectivity index (χ0) is 21.5. The zero-order valence-corrected chi connectivity index (χ0v) is 16.3. The van der Waals surface area contributed by atoms with Crippen molar-refractivity contribution >= 4 is 34.5 Å². The summed E-state index contributed by atoms with van der Waals surface area (Å²) >= 11 is 0. The van der Waals surface area contributed by atoms with Crippen LogP contribution < -0.4 is 32.7 Å². The number of amides is 1. The number of halogens is 1. The molecule has 8 nitrogen and oxygen atoms in total. The molecule has 0 aliphatic carbocycles. The molecule has 9 heteroatoms.